The van der Waals surface area contributed by atoms with Gasteiger partial charge in [0.05, 0.1) is 6.54 Å². The predicted octanol–water partition coefficient (Wildman–Crippen LogP) is 0.779. The van der Waals surface area contributed by atoms with E-state index in [1.165, 1.54) is 28.3 Å². The van der Waals surface area contributed by atoms with Crippen LogP contribution in [0.5, 0.6) is 0 Å². The summed E-state index contributed by atoms with van der Waals surface area (Å²) < 4.78 is 1.44. The molecule has 0 bridgehead atoms. The molecule has 0 spiro atoms. The molecule has 2 aromatic heterocycles. The molecule has 0 saturated heterocycles. The summed E-state index contributed by atoms with van der Waals surface area (Å²) in [6.07, 6.45) is 4.03. The topological polar surface area (TPSA) is 88.0 Å². The van der Waals surface area contributed by atoms with Crippen LogP contribution in [-0.2, 0) is 11.3 Å². The van der Waals surface area contributed by atoms with E-state index in [0.29, 0.717) is 6.54 Å². The van der Waals surface area contributed by atoms with E-state index in [1.54, 1.807) is 0 Å². The SMILES string of the molecule is O=C(O)/C=C/c1ccc(Cn2cn[nH]c2=O)s1. The number of hydrogen-bond acceptors (Lipinski definition) is 4. The zero-order chi connectivity index (χ0) is 12.3. The Morgan fingerprint density at radius 1 is 1.59 bits per heavy atom. The molecule has 0 aliphatic heterocycles. The monoisotopic (exact) mass is 251 g/mol. The fourth-order valence-electron chi connectivity index (χ4n) is 1.27. The number of hydrogen-bond donors (Lipinski definition) is 2. The Balaban J connectivity index is 2.11. The highest BCUT2D eigenvalue weighted by Crippen LogP contribution is 2.18. The van der Waals surface area contributed by atoms with Crippen molar-refractivity contribution in [2.75, 3.05) is 0 Å². The lowest BCUT2D eigenvalue weighted by Gasteiger charge is -1.94. The van der Waals surface area contributed by atoms with E-state index in [4.69, 9.17) is 5.11 Å². The van der Waals surface area contributed by atoms with Crippen molar-refractivity contribution in [2.45, 2.75) is 6.54 Å². The minimum Gasteiger partial charge on any atom is -0.478 e. The largest absolute Gasteiger partial charge is 0.478 e. The van der Waals surface area contributed by atoms with E-state index in [0.717, 1.165) is 15.8 Å². The van der Waals surface area contributed by atoms with Crippen LogP contribution in [0.1, 0.15) is 9.75 Å². The zero-order valence-corrected chi connectivity index (χ0v) is 9.48. The zero-order valence-electron chi connectivity index (χ0n) is 8.66. The van der Waals surface area contributed by atoms with Gasteiger partial charge in [-0.25, -0.2) is 14.7 Å². The Kier molecular flexibility index (Phi) is 3.20. The van der Waals surface area contributed by atoms with Gasteiger partial charge in [0.1, 0.15) is 6.33 Å². The second kappa shape index (κ2) is 4.79. The minimum atomic E-state index is -0.981. The van der Waals surface area contributed by atoms with Crippen LogP contribution >= 0.6 is 11.3 Å². The van der Waals surface area contributed by atoms with E-state index in [1.807, 2.05) is 12.1 Å². The maximum absolute atomic E-state index is 11.2. The lowest BCUT2D eigenvalue weighted by molar-refractivity contribution is -0.131. The standard InChI is InChI=1S/C10H9N3O3S/c14-9(15)4-3-7-1-2-8(17-7)5-13-6-11-12-10(13)16/h1-4,6H,5H2,(H,12,16)(H,14,15)/b4-3+. The molecule has 2 N–H and O–H groups in total. The van der Waals surface area contributed by atoms with E-state index in [9.17, 15) is 9.59 Å². The van der Waals surface area contributed by atoms with Gasteiger partial charge in [0.2, 0.25) is 0 Å². The molecular formula is C10H9N3O3S. The number of nitrogens with zero attached hydrogens (tertiary/aromatic N) is 2. The molecule has 6 nitrogen and oxygen atoms in total. The van der Waals surface area contributed by atoms with Crippen LogP contribution in [0.25, 0.3) is 6.08 Å². The van der Waals surface area contributed by atoms with Crippen molar-refractivity contribution in [1.29, 1.82) is 0 Å². The molecule has 0 fully saturated rings. The predicted molar refractivity (Wildman–Crippen MR) is 62.9 cm³/mol. The van der Waals surface area contributed by atoms with E-state index < -0.39 is 5.97 Å². The molecule has 0 aromatic carbocycles. The molecule has 0 unspecified atom stereocenters. The number of aromatic nitrogens is 3. The molecule has 2 heterocycles. The van der Waals surface area contributed by atoms with Crippen LogP contribution in [-0.4, -0.2) is 25.8 Å². The van der Waals surface area contributed by atoms with Crippen LogP contribution < -0.4 is 5.69 Å². The maximum Gasteiger partial charge on any atom is 0.343 e. The summed E-state index contributed by atoms with van der Waals surface area (Å²) in [7, 11) is 0. The van der Waals surface area contributed by atoms with Gasteiger partial charge in [-0.3, -0.25) is 4.57 Å². The van der Waals surface area contributed by atoms with Crippen LogP contribution in [0, 0.1) is 0 Å². The maximum atomic E-state index is 11.2. The summed E-state index contributed by atoms with van der Waals surface area (Å²) in [5, 5.41) is 14.4. The molecule has 7 heteroatoms. The molecule has 0 amide bonds. The van der Waals surface area contributed by atoms with Crippen LogP contribution in [0.15, 0.2) is 29.3 Å². The van der Waals surface area contributed by atoms with Crippen molar-refractivity contribution in [3.63, 3.8) is 0 Å². The first-order valence-corrected chi connectivity index (χ1v) is 5.56. The third-order valence-corrected chi connectivity index (χ3v) is 3.05. The molecule has 0 aliphatic rings. The van der Waals surface area contributed by atoms with Gasteiger partial charge in [0.25, 0.3) is 0 Å². The van der Waals surface area contributed by atoms with E-state index >= 15 is 0 Å². The lowest BCUT2D eigenvalue weighted by Crippen LogP contribution is -2.16. The summed E-state index contributed by atoms with van der Waals surface area (Å²) in [5.74, 6) is -0.981. The average molecular weight is 251 g/mol. The summed E-state index contributed by atoms with van der Waals surface area (Å²) >= 11 is 1.43. The van der Waals surface area contributed by atoms with Gasteiger partial charge in [-0.2, -0.15) is 5.10 Å². The highest BCUT2D eigenvalue weighted by Gasteiger charge is 2.02. The molecule has 17 heavy (non-hydrogen) atoms. The average Bonchev–Trinajstić information content (AvgIpc) is 2.87. The molecule has 0 saturated carbocycles. The normalized spacial score (nSPS) is 11.1. The Morgan fingerprint density at radius 2 is 2.41 bits per heavy atom. The third kappa shape index (κ3) is 2.91. The van der Waals surface area contributed by atoms with Gasteiger partial charge in [-0.05, 0) is 18.2 Å². The lowest BCUT2D eigenvalue weighted by atomic mass is 10.4. The van der Waals surface area contributed by atoms with Crippen LogP contribution in [0.4, 0.5) is 0 Å². The highest BCUT2D eigenvalue weighted by molar-refractivity contribution is 7.12. The van der Waals surface area contributed by atoms with Crippen molar-refractivity contribution >= 4 is 23.4 Å². The molecule has 2 rings (SSSR count). The number of carboxylic acid groups (broad SMARTS) is 1. The molecule has 0 aliphatic carbocycles. The first-order valence-electron chi connectivity index (χ1n) is 4.74. The van der Waals surface area contributed by atoms with Crippen molar-refractivity contribution in [1.82, 2.24) is 14.8 Å². The molecule has 2 aromatic rings. The number of carboxylic acids is 1. The van der Waals surface area contributed by atoms with Gasteiger partial charge >= 0.3 is 11.7 Å². The van der Waals surface area contributed by atoms with Gasteiger partial charge in [-0.1, -0.05) is 0 Å². The molecule has 0 radical (unpaired) electrons. The van der Waals surface area contributed by atoms with Crippen molar-refractivity contribution in [3.05, 3.63) is 44.8 Å². The summed E-state index contributed by atoms with van der Waals surface area (Å²) in [5.41, 5.74) is -0.263. The Morgan fingerprint density at radius 3 is 3.06 bits per heavy atom. The minimum absolute atomic E-state index is 0.263. The summed E-state index contributed by atoms with van der Waals surface area (Å²) in [6.45, 7) is 0.431. The fourth-order valence-corrected chi connectivity index (χ4v) is 2.19. The van der Waals surface area contributed by atoms with Crippen LogP contribution in [0.2, 0.25) is 0 Å². The molecular weight excluding hydrogens is 242 g/mol. The highest BCUT2D eigenvalue weighted by atomic mass is 32.1. The molecule has 0 atom stereocenters. The quantitative estimate of drug-likeness (QED) is 0.786. The number of aromatic amines is 1. The first-order chi connectivity index (χ1) is 8.15. The fraction of sp³-hybridized carbons (Fsp3) is 0.100. The smallest absolute Gasteiger partial charge is 0.343 e. The van der Waals surface area contributed by atoms with Crippen molar-refractivity contribution < 1.29 is 9.90 Å². The van der Waals surface area contributed by atoms with E-state index in [2.05, 4.69) is 10.2 Å². The molecule has 88 valence electrons. The Bertz CT molecular complexity index is 608. The second-order valence-corrected chi connectivity index (χ2v) is 4.46. The summed E-state index contributed by atoms with van der Waals surface area (Å²) in [6, 6.07) is 3.66. The second-order valence-electron chi connectivity index (χ2n) is 3.27. The number of thiophene rings is 1. The number of rotatable bonds is 4. The third-order valence-electron chi connectivity index (χ3n) is 2.02. The number of nitrogens with one attached hydrogen (secondary N) is 1. The van der Waals surface area contributed by atoms with Crippen LogP contribution in [0.3, 0.4) is 0 Å². The van der Waals surface area contributed by atoms with Gasteiger partial charge in [0.15, 0.2) is 0 Å². The van der Waals surface area contributed by atoms with Gasteiger partial charge in [-0.15, -0.1) is 11.3 Å². The number of H-pyrrole nitrogens is 1. The van der Waals surface area contributed by atoms with Gasteiger partial charge in [0, 0.05) is 15.8 Å². The Labute approximate surface area is 99.8 Å². The Hall–Kier alpha value is -2.15. The van der Waals surface area contributed by atoms with Crippen molar-refractivity contribution in [3.8, 4) is 0 Å². The van der Waals surface area contributed by atoms with E-state index in [-0.39, 0.29) is 5.69 Å². The van der Waals surface area contributed by atoms with Gasteiger partial charge < -0.3 is 5.11 Å². The number of carbonyl (C=O) groups is 1. The number of aliphatic carboxylic acids is 1. The first kappa shape index (κ1) is 11.3. The summed E-state index contributed by atoms with van der Waals surface area (Å²) in [4.78, 5) is 23.3. The van der Waals surface area contributed by atoms with Crippen molar-refractivity contribution in [2.24, 2.45) is 0 Å².